The number of pyridine rings is 1. The van der Waals surface area contributed by atoms with Crippen LogP contribution in [-0.2, 0) is 0 Å². The van der Waals surface area contributed by atoms with Crippen LogP contribution in [0, 0.1) is 6.92 Å². The van der Waals surface area contributed by atoms with Crippen LogP contribution < -0.4 is 5.32 Å². The normalized spacial score (nSPS) is 10.3. The molecule has 2 aromatic rings. The molecule has 0 bridgehead atoms. The summed E-state index contributed by atoms with van der Waals surface area (Å²) in [7, 11) is 0. The fraction of sp³-hybridized carbons (Fsp3) is 0.0769. The fourth-order valence-electron chi connectivity index (χ4n) is 1.43. The number of anilines is 1. The van der Waals surface area contributed by atoms with Gasteiger partial charge in [0.15, 0.2) is 0 Å². The molecule has 0 radical (unpaired) electrons. The van der Waals surface area contributed by atoms with Gasteiger partial charge in [-0.25, -0.2) is 4.98 Å². The van der Waals surface area contributed by atoms with Crippen molar-refractivity contribution in [3.63, 3.8) is 0 Å². The summed E-state index contributed by atoms with van der Waals surface area (Å²) >= 11 is 12.6. The maximum absolute atomic E-state index is 12.0. The summed E-state index contributed by atoms with van der Waals surface area (Å²) in [6.45, 7) is 1.93. The monoisotopic (exact) mass is 402 g/mol. The first-order valence-electron chi connectivity index (χ1n) is 5.36. The lowest BCUT2D eigenvalue weighted by atomic mass is 10.2. The molecule has 1 N–H and O–H groups in total. The topological polar surface area (TPSA) is 42.0 Å². The van der Waals surface area contributed by atoms with Gasteiger partial charge in [-0.2, -0.15) is 0 Å². The number of benzene rings is 1. The standard InChI is InChI=1S/C13H9Br2ClN2O/c1-7-4-12(17-6-10(7)15)18-13(19)8-2-3-9(14)11(16)5-8/h2-6H,1H3,(H,17,18,19). The van der Waals surface area contributed by atoms with E-state index in [-0.39, 0.29) is 5.91 Å². The molecule has 0 atom stereocenters. The molecule has 19 heavy (non-hydrogen) atoms. The van der Waals surface area contributed by atoms with E-state index in [1.165, 1.54) is 0 Å². The Morgan fingerprint density at radius 2 is 2.00 bits per heavy atom. The minimum atomic E-state index is -0.247. The SMILES string of the molecule is Cc1cc(NC(=O)c2ccc(Br)c(Cl)c2)ncc1Br. The van der Waals surface area contributed by atoms with Gasteiger partial charge < -0.3 is 5.32 Å². The van der Waals surface area contributed by atoms with Crippen LogP contribution in [0.2, 0.25) is 5.02 Å². The summed E-state index contributed by atoms with van der Waals surface area (Å²) < 4.78 is 1.65. The second-order valence-electron chi connectivity index (χ2n) is 3.90. The number of halogens is 3. The van der Waals surface area contributed by atoms with Crippen LogP contribution >= 0.6 is 43.5 Å². The summed E-state index contributed by atoms with van der Waals surface area (Å²) in [5.41, 5.74) is 1.48. The second-order valence-corrected chi connectivity index (χ2v) is 6.02. The van der Waals surface area contributed by atoms with Gasteiger partial charge in [-0.3, -0.25) is 4.79 Å². The summed E-state index contributed by atoms with van der Waals surface area (Å²) in [4.78, 5) is 16.2. The average Bonchev–Trinajstić information content (AvgIpc) is 2.37. The summed E-state index contributed by atoms with van der Waals surface area (Å²) in [6, 6.07) is 6.82. The van der Waals surface area contributed by atoms with Crippen molar-refractivity contribution in [3.05, 3.63) is 55.6 Å². The largest absolute Gasteiger partial charge is 0.307 e. The Kier molecular flexibility index (Phi) is 4.60. The Bertz CT molecular complexity index is 647. The van der Waals surface area contributed by atoms with Crippen LogP contribution in [0.3, 0.4) is 0 Å². The Morgan fingerprint density at radius 3 is 2.63 bits per heavy atom. The Hall–Kier alpha value is -0.910. The molecule has 0 aliphatic carbocycles. The quantitative estimate of drug-likeness (QED) is 0.780. The number of rotatable bonds is 2. The third-order valence-corrected chi connectivity index (χ3v) is 4.53. The summed E-state index contributed by atoms with van der Waals surface area (Å²) in [5, 5.41) is 3.22. The van der Waals surface area contributed by atoms with E-state index >= 15 is 0 Å². The number of carbonyl (C=O) groups excluding carboxylic acids is 1. The number of hydrogen-bond acceptors (Lipinski definition) is 2. The second kappa shape index (κ2) is 6.03. The van der Waals surface area contributed by atoms with E-state index in [4.69, 9.17) is 11.6 Å². The average molecular weight is 404 g/mol. The number of aromatic nitrogens is 1. The number of hydrogen-bond donors (Lipinski definition) is 1. The van der Waals surface area contributed by atoms with E-state index in [1.54, 1.807) is 30.5 Å². The number of carbonyl (C=O) groups is 1. The highest BCUT2D eigenvalue weighted by Crippen LogP contribution is 2.24. The zero-order valence-corrected chi connectivity index (χ0v) is 13.8. The molecule has 6 heteroatoms. The van der Waals surface area contributed by atoms with Gasteiger partial charge in [0.2, 0.25) is 0 Å². The molecule has 1 heterocycles. The third-order valence-electron chi connectivity index (χ3n) is 2.47. The molecule has 0 saturated heterocycles. The van der Waals surface area contributed by atoms with Crippen molar-refractivity contribution < 1.29 is 4.79 Å². The number of nitrogens with one attached hydrogen (secondary N) is 1. The maximum Gasteiger partial charge on any atom is 0.256 e. The van der Waals surface area contributed by atoms with Gasteiger partial charge in [-0.15, -0.1) is 0 Å². The number of nitrogens with zero attached hydrogens (tertiary/aromatic N) is 1. The van der Waals surface area contributed by atoms with Crippen molar-refractivity contribution in [2.24, 2.45) is 0 Å². The van der Waals surface area contributed by atoms with Gasteiger partial charge in [-0.1, -0.05) is 11.6 Å². The molecule has 0 aliphatic rings. The molecule has 0 aliphatic heterocycles. The summed E-state index contributed by atoms with van der Waals surface area (Å²) in [5.74, 6) is 0.258. The van der Waals surface area contributed by atoms with Gasteiger partial charge >= 0.3 is 0 Å². The van der Waals surface area contributed by atoms with E-state index < -0.39 is 0 Å². The van der Waals surface area contributed by atoms with Gasteiger partial charge in [0, 0.05) is 20.7 Å². The summed E-state index contributed by atoms with van der Waals surface area (Å²) in [6.07, 6.45) is 1.65. The lowest BCUT2D eigenvalue weighted by molar-refractivity contribution is 0.102. The predicted molar refractivity (Wildman–Crippen MR) is 83.8 cm³/mol. The van der Waals surface area contributed by atoms with E-state index in [1.807, 2.05) is 6.92 Å². The first-order valence-corrected chi connectivity index (χ1v) is 7.32. The Labute approximate surface area is 132 Å². The van der Waals surface area contributed by atoms with Crippen LogP contribution in [0.5, 0.6) is 0 Å². The van der Waals surface area contributed by atoms with Crippen LogP contribution in [-0.4, -0.2) is 10.9 Å². The highest BCUT2D eigenvalue weighted by Gasteiger charge is 2.09. The van der Waals surface area contributed by atoms with E-state index in [0.717, 1.165) is 14.5 Å². The van der Waals surface area contributed by atoms with Gasteiger partial charge in [0.25, 0.3) is 5.91 Å². The molecular weight excluding hydrogens is 395 g/mol. The Morgan fingerprint density at radius 1 is 1.26 bits per heavy atom. The Balaban J connectivity index is 2.20. The van der Waals surface area contributed by atoms with Crippen LogP contribution in [0.4, 0.5) is 5.82 Å². The highest BCUT2D eigenvalue weighted by atomic mass is 79.9. The molecule has 98 valence electrons. The van der Waals surface area contributed by atoms with Crippen LogP contribution in [0.15, 0.2) is 39.4 Å². The smallest absolute Gasteiger partial charge is 0.256 e. The van der Waals surface area contributed by atoms with Gasteiger partial charge in [-0.05, 0) is 68.6 Å². The molecule has 0 saturated carbocycles. The molecule has 1 aromatic heterocycles. The minimum absolute atomic E-state index is 0.247. The predicted octanol–water partition coefficient (Wildman–Crippen LogP) is 4.82. The zero-order valence-electron chi connectivity index (χ0n) is 9.88. The minimum Gasteiger partial charge on any atom is -0.307 e. The number of aryl methyl sites for hydroxylation is 1. The first-order chi connectivity index (χ1) is 8.97. The first kappa shape index (κ1) is 14.5. The molecule has 1 aromatic carbocycles. The third kappa shape index (κ3) is 3.55. The molecule has 0 spiro atoms. The molecule has 1 amide bonds. The maximum atomic E-state index is 12.0. The molecule has 3 nitrogen and oxygen atoms in total. The van der Waals surface area contributed by atoms with Crippen molar-refractivity contribution in [1.29, 1.82) is 0 Å². The molecule has 2 rings (SSSR count). The van der Waals surface area contributed by atoms with Gasteiger partial charge in [0.1, 0.15) is 5.82 Å². The van der Waals surface area contributed by atoms with Crippen molar-refractivity contribution in [2.45, 2.75) is 6.92 Å². The van der Waals surface area contributed by atoms with E-state index in [2.05, 4.69) is 42.2 Å². The van der Waals surface area contributed by atoms with Crippen LogP contribution in [0.1, 0.15) is 15.9 Å². The lowest BCUT2D eigenvalue weighted by Gasteiger charge is -2.07. The zero-order chi connectivity index (χ0) is 14.0. The molecule has 0 fully saturated rings. The molecular formula is C13H9Br2ClN2O. The van der Waals surface area contributed by atoms with E-state index in [0.29, 0.717) is 16.4 Å². The highest BCUT2D eigenvalue weighted by molar-refractivity contribution is 9.10. The van der Waals surface area contributed by atoms with E-state index in [9.17, 15) is 4.79 Å². The van der Waals surface area contributed by atoms with Gasteiger partial charge in [0.05, 0.1) is 5.02 Å². The van der Waals surface area contributed by atoms with Crippen molar-refractivity contribution >= 4 is 55.2 Å². The lowest BCUT2D eigenvalue weighted by Crippen LogP contribution is -2.13. The van der Waals surface area contributed by atoms with Crippen molar-refractivity contribution in [1.82, 2.24) is 4.98 Å². The molecule has 0 unspecified atom stereocenters. The number of amides is 1. The fourth-order valence-corrected chi connectivity index (χ4v) is 2.08. The van der Waals surface area contributed by atoms with Crippen molar-refractivity contribution in [3.8, 4) is 0 Å². The van der Waals surface area contributed by atoms with Crippen LogP contribution in [0.25, 0.3) is 0 Å². The van der Waals surface area contributed by atoms with Crippen molar-refractivity contribution in [2.75, 3.05) is 5.32 Å².